The van der Waals surface area contributed by atoms with Gasteiger partial charge in [-0.25, -0.2) is 4.79 Å². The monoisotopic (exact) mass is 341 g/mol. The minimum absolute atomic E-state index is 0.0818. The molecule has 3 rings (SSSR count). The van der Waals surface area contributed by atoms with Gasteiger partial charge in [0.05, 0.1) is 11.2 Å². The van der Waals surface area contributed by atoms with E-state index in [-0.39, 0.29) is 12.4 Å². The number of pyridine rings is 1. The second-order valence-corrected chi connectivity index (χ2v) is 5.27. The molecular weight excluding hydrogens is 326 g/mol. The third kappa shape index (κ3) is 3.07. The molecule has 8 heteroatoms. The maximum atomic E-state index is 12.2. The molecule has 0 aliphatic heterocycles. The van der Waals surface area contributed by atoms with Gasteiger partial charge in [-0.15, -0.1) is 10.2 Å². The van der Waals surface area contributed by atoms with Crippen LogP contribution in [0.2, 0.25) is 0 Å². The molecule has 0 spiro atoms. The number of ether oxygens (including phenoxy) is 2. The molecule has 0 aliphatic carbocycles. The molecular formula is C17H15N3O5. The molecule has 3 aromatic rings. The maximum Gasteiger partial charge on any atom is 0.341 e. The first kappa shape index (κ1) is 16.6. The Hall–Kier alpha value is -3.26. The summed E-state index contributed by atoms with van der Waals surface area (Å²) < 4.78 is 11.7. The van der Waals surface area contributed by atoms with Crippen molar-refractivity contribution in [2.75, 3.05) is 13.9 Å². The van der Waals surface area contributed by atoms with Gasteiger partial charge in [-0.05, 0) is 24.3 Å². The van der Waals surface area contributed by atoms with E-state index >= 15 is 0 Å². The number of aromatic carboxylic acids is 1. The van der Waals surface area contributed by atoms with E-state index < -0.39 is 11.5 Å². The summed E-state index contributed by atoms with van der Waals surface area (Å²) in [6, 6.07) is 10.1. The van der Waals surface area contributed by atoms with Crippen LogP contribution in [0.15, 0.2) is 41.2 Å². The SMILES string of the molecule is COCOc1ccccc1-c1cc2c(cc(C(=O)O)c(=O)n2C)nn1. The third-order valence-electron chi connectivity index (χ3n) is 3.70. The Morgan fingerprint density at radius 3 is 2.72 bits per heavy atom. The molecule has 0 bridgehead atoms. The highest BCUT2D eigenvalue weighted by Crippen LogP contribution is 2.29. The number of para-hydroxylation sites is 1. The minimum Gasteiger partial charge on any atom is -0.477 e. The average Bonchev–Trinajstić information content (AvgIpc) is 2.62. The molecule has 0 fully saturated rings. The second kappa shape index (κ2) is 6.70. The lowest BCUT2D eigenvalue weighted by molar-refractivity contribution is 0.0515. The van der Waals surface area contributed by atoms with Gasteiger partial charge in [-0.2, -0.15) is 0 Å². The van der Waals surface area contributed by atoms with Gasteiger partial charge in [-0.3, -0.25) is 4.79 Å². The van der Waals surface area contributed by atoms with Crippen LogP contribution < -0.4 is 10.3 Å². The van der Waals surface area contributed by atoms with Crippen LogP contribution in [0.5, 0.6) is 5.75 Å². The molecule has 0 aliphatic rings. The zero-order valence-corrected chi connectivity index (χ0v) is 13.6. The molecule has 2 heterocycles. The Bertz CT molecular complexity index is 1010. The zero-order valence-electron chi connectivity index (χ0n) is 13.6. The van der Waals surface area contributed by atoms with E-state index in [0.717, 1.165) is 0 Å². The Kier molecular flexibility index (Phi) is 4.44. The number of carboxylic acid groups (broad SMARTS) is 1. The van der Waals surface area contributed by atoms with Crippen LogP contribution in [0.4, 0.5) is 0 Å². The van der Waals surface area contributed by atoms with Gasteiger partial charge in [0.15, 0.2) is 6.79 Å². The molecule has 1 N–H and O–H groups in total. The minimum atomic E-state index is -1.30. The largest absolute Gasteiger partial charge is 0.477 e. The van der Waals surface area contributed by atoms with E-state index in [1.54, 1.807) is 12.1 Å². The number of aryl methyl sites for hydroxylation is 1. The van der Waals surface area contributed by atoms with Crippen molar-refractivity contribution in [2.45, 2.75) is 0 Å². The number of benzene rings is 1. The van der Waals surface area contributed by atoms with Crippen LogP contribution in [0.1, 0.15) is 10.4 Å². The zero-order chi connectivity index (χ0) is 18.0. The first-order valence-electron chi connectivity index (χ1n) is 7.35. The highest BCUT2D eigenvalue weighted by Gasteiger charge is 2.16. The summed E-state index contributed by atoms with van der Waals surface area (Å²) in [4.78, 5) is 23.3. The van der Waals surface area contributed by atoms with E-state index in [1.165, 1.54) is 24.8 Å². The Labute approximate surface area is 142 Å². The summed E-state index contributed by atoms with van der Waals surface area (Å²) in [5.74, 6) is -0.739. The van der Waals surface area contributed by atoms with E-state index in [0.29, 0.717) is 28.0 Å². The van der Waals surface area contributed by atoms with Crippen molar-refractivity contribution in [2.24, 2.45) is 7.05 Å². The lowest BCUT2D eigenvalue weighted by Crippen LogP contribution is -2.24. The van der Waals surface area contributed by atoms with E-state index in [9.17, 15) is 9.59 Å². The number of methoxy groups -OCH3 is 1. The van der Waals surface area contributed by atoms with E-state index in [2.05, 4.69) is 10.2 Å². The fraction of sp³-hybridized carbons (Fsp3) is 0.176. The van der Waals surface area contributed by atoms with Crippen molar-refractivity contribution in [3.63, 3.8) is 0 Å². The third-order valence-corrected chi connectivity index (χ3v) is 3.70. The number of fused-ring (bicyclic) bond motifs is 1. The van der Waals surface area contributed by atoms with E-state index in [1.807, 2.05) is 18.2 Å². The fourth-order valence-electron chi connectivity index (χ4n) is 2.46. The van der Waals surface area contributed by atoms with Crippen LogP contribution in [0, 0.1) is 0 Å². The smallest absolute Gasteiger partial charge is 0.341 e. The first-order valence-corrected chi connectivity index (χ1v) is 7.35. The lowest BCUT2D eigenvalue weighted by atomic mass is 10.1. The Balaban J connectivity index is 2.18. The number of rotatable bonds is 5. The van der Waals surface area contributed by atoms with Crippen molar-refractivity contribution in [3.05, 3.63) is 52.3 Å². The van der Waals surface area contributed by atoms with Crippen molar-refractivity contribution in [3.8, 4) is 17.0 Å². The number of carbonyl (C=O) groups is 1. The fourth-order valence-corrected chi connectivity index (χ4v) is 2.46. The highest BCUT2D eigenvalue weighted by molar-refractivity contribution is 5.92. The van der Waals surface area contributed by atoms with Crippen molar-refractivity contribution in [1.29, 1.82) is 0 Å². The summed E-state index contributed by atoms with van der Waals surface area (Å²) in [5.41, 5.74) is 1.02. The number of hydrogen-bond acceptors (Lipinski definition) is 6. The molecule has 8 nitrogen and oxygen atoms in total. The molecule has 2 aromatic heterocycles. The van der Waals surface area contributed by atoms with Gasteiger partial charge < -0.3 is 19.1 Å². The topological polar surface area (TPSA) is 104 Å². The summed E-state index contributed by atoms with van der Waals surface area (Å²) in [7, 11) is 3.02. The predicted molar refractivity (Wildman–Crippen MR) is 89.7 cm³/mol. The molecule has 0 saturated carbocycles. The molecule has 0 amide bonds. The number of aromatic nitrogens is 3. The summed E-state index contributed by atoms with van der Waals surface area (Å²) in [6.07, 6.45) is 0. The van der Waals surface area contributed by atoms with Crippen molar-refractivity contribution >= 4 is 17.0 Å². The number of nitrogens with zero attached hydrogens (tertiary/aromatic N) is 3. The second-order valence-electron chi connectivity index (χ2n) is 5.27. The summed E-state index contributed by atoms with van der Waals surface area (Å²) >= 11 is 0. The van der Waals surface area contributed by atoms with Crippen molar-refractivity contribution in [1.82, 2.24) is 14.8 Å². The lowest BCUT2D eigenvalue weighted by Gasteiger charge is -2.11. The standard InChI is InChI=1S/C17H15N3O5/c1-20-14-8-12(10-5-3-4-6-15(10)25-9-24-2)18-19-13(14)7-11(16(20)21)17(22)23/h3-8H,9H2,1-2H3,(H,22,23). The number of carboxylic acids is 1. The summed E-state index contributed by atoms with van der Waals surface area (Å²) in [6.45, 7) is 0.0818. The molecule has 0 radical (unpaired) electrons. The molecule has 128 valence electrons. The average molecular weight is 341 g/mol. The number of hydrogen-bond donors (Lipinski definition) is 1. The van der Waals surface area contributed by atoms with Gasteiger partial charge >= 0.3 is 5.97 Å². The van der Waals surface area contributed by atoms with Crippen LogP contribution >= 0.6 is 0 Å². The van der Waals surface area contributed by atoms with Gasteiger partial charge in [0.2, 0.25) is 0 Å². The van der Waals surface area contributed by atoms with Crippen LogP contribution in [-0.4, -0.2) is 39.7 Å². The Morgan fingerprint density at radius 1 is 1.24 bits per heavy atom. The van der Waals surface area contributed by atoms with Gasteiger partial charge in [0.25, 0.3) is 5.56 Å². The van der Waals surface area contributed by atoms with E-state index in [4.69, 9.17) is 14.6 Å². The van der Waals surface area contributed by atoms with Crippen LogP contribution in [0.25, 0.3) is 22.3 Å². The van der Waals surface area contributed by atoms with Gasteiger partial charge in [0, 0.05) is 19.7 Å². The molecule has 0 unspecified atom stereocenters. The Morgan fingerprint density at radius 2 is 2.00 bits per heavy atom. The molecule has 0 saturated heterocycles. The van der Waals surface area contributed by atoms with Crippen LogP contribution in [0.3, 0.4) is 0 Å². The van der Waals surface area contributed by atoms with Gasteiger partial charge in [-0.1, -0.05) is 12.1 Å². The van der Waals surface area contributed by atoms with Crippen LogP contribution in [-0.2, 0) is 11.8 Å². The highest BCUT2D eigenvalue weighted by atomic mass is 16.7. The summed E-state index contributed by atoms with van der Waals surface area (Å²) in [5, 5.41) is 17.3. The quantitative estimate of drug-likeness (QED) is 0.704. The molecule has 25 heavy (non-hydrogen) atoms. The normalized spacial score (nSPS) is 10.8. The van der Waals surface area contributed by atoms with Crippen molar-refractivity contribution < 1.29 is 19.4 Å². The maximum absolute atomic E-state index is 12.2. The molecule has 0 atom stereocenters. The van der Waals surface area contributed by atoms with Gasteiger partial charge in [0.1, 0.15) is 16.8 Å². The first-order chi connectivity index (χ1) is 12.0. The molecule has 1 aromatic carbocycles. The predicted octanol–water partition coefficient (Wildman–Crippen LogP) is 1.68.